The van der Waals surface area contributed by atoms with Gasteiger partial charge in [0, 0.05) is 31.7 Å². The van der Waals surface area contributed by atoms with Gasteiger partial charge < -0.3 is 10.6 Å². The number of likely N-dealkylation sites (N-methyl/N-ethyl adjacent to an activating group) is 1. The van der Waals surface area contributed by atoms with Gasteiger partial charge in [0.05, 0.1) is 6.54 Å². The highest BCUT2D eigenvalue weighted by Crippen LogP contribution is 2.22. The number of nitrogens with two attached hydrogens (primary N) is 1. The van der Waals surface area contributed by atoms with Crippen molar-refractivity contribution in [3.8, 4) is 0 Å². The SMILES string of the molecule is CCN(C(=O)CN1CC[C@@H](N)C1)C1CCCCC1.Cl. The molecule has 4 nitrogen and oxygen atoms in total. The lowest BCUT2D eigenvalue weighted by molar-refractivity contribution is -0.134. The molecule has 19 heavy (non-hydrogen) atoms. The summed E-state index contributed by atoms with van der Waals surface area (Å²) >= 11 is 0. The first kappa shape index (κ1) is 16.7. The van der Waals surface area contributed by atoms with Crippen LogP contribution >= 0.6 is 12.4 Å². The van der Waals surface area contributed by atoms with Gasteiger partial charge in [0.15, 0.2) is 0 Å². The summed E-state index contributed by atoms with van der Waals surface area (Å²) in [6, 6.07) is 0.759. The molecule has 1 saturated heterocycles. The third kappa shape index (κ3) is 4.62. The van der Waals surface area contributed by atoms with E-state index >= 15 is 0 Å². The summed E-state index contributed by atoms with van der Waals surface area (Å²) in [5, 5.41) is 0. The van der Waals surface area contributed by atoms with Crippen LogP contribution in [0.25, 0.3) is 0 Å². The minimum atomic E-state index is 0. The molecular weight excluding hydrogens is 262 g/mol. The molecule has 0 bridgehead atoms. The van der Waals surface area contributed by atoms with Crippen molar-refractivity contribution in [3.05, 3.63) is 0 Å². The quantitative estimate of drug-likeness (QED) is 0.856. The Morgan fingerprint density at radius 2 is 1.95 bits per heavy atom. The maximum Gasteiger partial charge on any atom is 0.236 e. The summed E-state index contributed by atoms with van der Waals surface area (Å²) in [4.78, 5) is 16.7. The molecular formula is C14H28ClN3O. The number of hydrogen-bond acceptors (Lipinski definition) is 3. The molecule has 1 heterocycles. The van der Waals surface area contributed by atoms with Gasteiger partial charge in [-0.1, -0.05) is 19.3 Å². The zero-order valence-corrected chi connectivity index (χ0v) is 12.8. The van der Waals surface area contributed by atoms with Crippen LogP contribution in [0.1, 0.15) is 45.4 Å². The van der Waals surface area contributed by atoms with Gasteiger partial charge in [-0.25, -0.2) is 0 Å². The predicted octanol–water partition coefficient (Wildman–Crippen LogP) is 1.62. The predicted molar refractivity (Wildman–Crippen MR) is 80.5 cm³/mol. The van der Waals surface area contributed by atoms with Crippen LogP contribution in [-0.2, 0) is 4.79 Å². The number of nitrogens with zero attached hydrogens (tertiary/aromatic N) is 2. The topological polar surface area (TPSA) is 49.6 Å². The van der Waals surface area contributed by atoms with E-state index in [0.717, 1.165) is 26.1 Å². The summed E-state index contributed by atoms with van der Waals surface area (Å²) in [5.41, 5.74) is 5.89. The zero-order chi connectivity index (χ0) is 13.0. The Kier molecular flexibility index (Phi) is 7.11. The van der Waals surface area contributed by atoms with E-state index in [-0.39, 0.29) is 18.4 Å². The second-order valence-corrected chi connectivity index (χ2v) is 5.76. The molecule has 1 atom stereocenters. The maximum absolute atomic E-state index is 12.4. The van der Waals surface area contributed by atoms with Gasteiger partial charge in [0.1, 0.15) is 0 Å². The van der Waals surface area contributed by atoms with E-state index in [0.29, 0.717) is 18.5 Å². The molecule has 0 spiro atoms. The monoisotopic (exact) mass is 289 g/mol. The molecule has 0 unspecified atom stereocenters. The second-order valence-electron chi connectivity index (χ2n) is 5.76. The van der Waals surface area contributed by atoms with E-state index in [1.807, 2.05) is 0 Å². The molecule has 112 valence electrons. The van der Waals surface area contributed by atoms with Crippen LogP contribution in [0.4, 0.5) is 0 Å². The largest absolute Gasteiger partial charge is 0.339 e. The number of halogens is 1. The van der Waals surface area contributed by atoms with Crippen LogP contribution in [0.15, 0.2) is 0 Å². The van der Waals surface area contributed by atoms with E-state index in [1.54, 1.807) is 0 Å². The Bertz CT molecular complexity index is 282. The molecule has 0 aromatic heterocycles. The Hall–Kier alpha value is -0.320. The van der Waals surface area contributed by atoms with Gasteiger partial charge in [-0.2, -0.15) is 0 Å². The molecule has 1 aliphatic heterocycles. The first-order chi connectivity index (χ1) is 8.70. The molecule has 1 saturated carbocycles. The zero-order valence-electron chi connectivity index (χ0n) is 12.0. The average molecular weight is 290 g/mol. The highest BCUT2D eigenvalue weighted by atomic mass is 35.5. The highest BCUT2D eigenvalue weighted by Gasteiger charge is 2.27. The Morgan fingerprint density at radius 1 is 1.26 bits per heavy atom. The van der Waals surface area contributed by atoms with E-state index in [1.165, 1.54) is 32.1 Å². The number of carbonyl (C=O) groups is 1. The van der Waals surface area contributed by atoms with Gasteiger partial charge >= 0.3 is 0 Å². The van der Waals surface area contributed by atoms with E-state index in [2.05, 4.69) is 16.7 Å². The first-order valence-corrected chi connectivity index (χ1v) is 7.48. The lowest BCUT2D eigenvalue weighted by atomic mass is 9.94. The number of carbonyl (C=O) groups excluding carboxylic acids is 1. The minimum absolute atomic E-state index is 0. The Morgan fingerprint density at radius 3 is 2.47 bits per heavy atom. The van der Waals surface area contributed by atoms with Crippen LogP contribution in [0.2, 0.25) is 0 Å². The first-order valence-electron chi connectivity index (χ1n) is 7.48. The summed E-state index contributed by atoms with van der Waals surface area (Å²) in [7, 11) is 0. The van der Waals surface area contributed by atoms with Crippen molar-refractivity contribution in [2.24, 2.45) is 5.73 Å². The van der Waals surface area contributed by atoms with Crippen LogP contribution in [0.5, 0.6) is 0 Å². The normalized spacial score (nSPS) is 25.1. The molecule has 2 N–H and O–H groups in total. The molecule has 5 heteroatoms. The highest BCUT2D eigenvalue weighted by molar-refractivity contribution is 5.85. The van der Waals surface area contributed by atoms with Crippen molar-refractivity contribution >= 4 is 18.3 Å². The Labute approximate surface area is 123 Å². The van der Waals surface area contributed by atoms with E-state index < -0.39 is 0 Å². The van der Waals surface area contributed by atoms with Crippen molar-refractivity contribution in [2.75, 3.05) is 26.2 Å². The van der Waals surface area contributed by atoms with Crippen molar-refractivity contribution in [1.82, 2.24) is 9.80 Å². The minimum Gasteiger partial charge on any atom is -0.339 e. The smallest absolute Gasteiger partial charge is 0.236 e. The summed E-state index contributed by atoms with van der Waals surface area (Å²) in [6.45, 7) is 5.38. The van der Waals surface area contributed by atoms with Gasteiger partial charge in [0.2, 0.25) is 5.91 Å². The van der Waals surface area contributed by atoms with Crippen molar-refractivity contribution in [1.29, 1.82) is 0 Å². The fourth-order valence-electron chi connectivity index (χ4n) is 3.32. The second kappa shape index (κ2) is 8.08. The Balaban J connectivity index is 0.00000180. The van der Waals surface area contributed by atoms with Crippen LogP contribution in [0.3, 0.4) is 0 Å². The number of rotatable bonds is 4. The van der Waals surface area contributed by atoms with Crippen molar-refractivity contribution in [3.63, 3.8) is 0 Å². The molecule has 1 amide bonds. The van der Waals surface area contributed by atoms with Gasteiger partial charge in [-0.05, 0) is 26.2 Å². The van der Waals surface area contributed by atoms with Crippen LogP contribution in [-0.4, -0.2) is 54.0 Å². The van der Waals surface area contributed by atoms with Gasteiger partial charge in [-0.15, -0.1) is 12.4 Å². The third-order valence-electron chi connectivity index (χ3n) is 4.34. The standard InChI is InChI=1S/C14H27N3O.ClH/c1-2-17(13-6-4-3-5-7-13)14(18)11-16-9-8-12(15)10-16;/h12-13H,2-11,15H2,1H3;1H/t12-;/m1./s1. The van der Waals surface area contributed by atoms with Gasteiger partial charge in [0.25, 0.3) is 0 Å². The van der Waals surface area contributed by atoms with Gasteiger partial charge in [-0.3, -0.25) is 9.69 Å². The third-order valence-corrected chi connectivity index (χ3v) is 4.34. The molecule has 0 aromatic rings. The number of amides is 1. The van der Waals surface area contributed by atoms with Crippen molar-refractivity contribution in [2.45, 2.75) is 57.5 Å². The van der Waals surface area contributed by atoms with E-state index in [9.17, 15) is 4.79 Å². The fraction of sp³-hybridized carbons (Fsp3) is 0.929. The van der Waals surface area contributed by atoms with Crippen molar-refractivity contribution < 1.29 is 4.79 Å². The number of likely N-dealkylation sites (tertiary alicyclic amines) is 1. The molecule has 0 radical (unpaired) electrons. The van der Waals surface area contributed by atoms with Crippen LogP contribution in [0, 0.1) is 0 Å². The summed E-state index contributed by atoms with van der Waals surface area (Å²) in [5.74, 6) is 0.304. The maximum atomic E-state index is 12.4. The van der Waals surface area contributed by atoms with E-state index in [4.69, 9.17) is 5.73 Å². The molecule has 2 aliphatic rings. The summed E-state index contributed by atoms with van der Waals surface area (Å²) < 4.78 is 0. The molecule has 0 aromatic carbocycles. The van der Waals surface area contributed by atoms with Crippen LogP contribution < -0.4 is 5.73 Å². The number of hydrogen-bond donors (Lipinski definition) is 1. The lowest BCUT2D eigenvalue weighted by Gasteiger charge is -2.34. The molecule has 2 fully saturated rings. The molecule has 1 aliphatic carbocycles. The summed E-state index contributed by atoms with van der Waals surface area (Å²) in [6.07, 6.45) is 7.32. The lowest BCUT2D eigenvalue weighted by Crippen LogP contribution is -2.46. The average Bonchev–Trinajstić information content (AvgIpc) is 2.77. The fourth-order valence-corrected chi connectivity index (χ4v) is 3.32. The molecule has 2 rings (SSSR count).